The summed E-state index contributed by atoms with van der Waals surface area (Å²) in [6.07, 6.45) is 2.52. The van der Waals surface area contributed by atoms with Gasteiger partial charge in [-0.2, -0.15) is 18.3 Å². The van der Waals surface area contributed by atoms with Gasteiger partial charge in [0.2, 0.25) is 17.7 Å². The molecule has 2 N–H and O–H groups in total. The number of Topliss-reactive ketones (excluding diaryl/α,β-unsaturated/α-hetero) is 3. The molecule has 0 radical (unpaired) electrons. The lowest BCUT2D eigenvalue weighted by Crippen LogP contribution is -2.54. The predicted molar refractivity (Wildman–Crippen MR) is 307 cm³/mol. The molecule has 456 valence electrons. The average Bonchev–Trinajstić information content (AvgIpc) is 1.72. The number of piperazine rings is 1. The molecule has 2 aromatic heterocycles. The molecule has 3 aliphatic rings. The number of unbranched alkanes of at least 4 members (excludes halogenated alkanes) is 2. The predicted octanol–water partition coefficient (Wildman–Crippen LogP) is 6.29. The number of fused-ring (bicyclic) bond motifs is 2. The first kappa shape index (κ1) is 64.0. The Morgan fingerprint density at radius 3 is 2.21 bits per heavy atom. The molecule has 86 heavy (non-hydrogen) atoms. The Kier molecular flexibility index (Phi) is 23.4. The number of hydrogen-bond donors (Lipinski definition) is 2. The molecule has 5 amide bonds. The van der Waals surface area contributed by atoms with Crippen LogP contribution in [0.4, 0.5) is 13.2 Å². The molecular weight excluding hydrogens is 1120 g/mol. The van der Waals surface area contributed by atoms with Crippen molar-refractivity contribution in [2.45, 2.75) is 103 Å². The Balaban J connectivity index is 0.598. The summed E-state index contributed by atoms with van der Waals surface area (Å²) >= 11 is 0. The molecule has 20 nitrogen and oxygen atoms in total. The van der Waals surface area contributed by atoms with E-state index in [0.717, 1.165) is 16.5 Å². The molecule has 0 bridgehead atoms. The molecule has 5 aromatic rings. The van der Waals surface area contributed by atoms with Crippen molar-refractivity contribution in [3.63, 3.8) is 0 Å². The molecule has 0 spiro atoms. The van der Waals surface area contributed by atoms with Crippen LogP contribution in [-0.2, 0) is 57.3 Å². The lowest BCUT2D eigenvalue weighted by Gasteiger charge is -2.35. The van der Waals surface area contributed by atoms with Crippen LogP contribution < -0.4 is 15.4 Å². The fourth-order valence-corrected chi connectivity index (χ4v) is 10.2. The lowest BCUT2D eigenvalue weighted by atomic mass is 9.96. The number of nitrogens with one attached hydrogen (secondary N) is 2. The summed E-state index contributed by atoms with van der Waals surface area (Å²) in [7, 11) is 0. The fourth-order valence-electron chi connectivity index (χ4n) is 10.2. The number of carbonyl (C=O) groups is 8. The van der Waals surface area contributed by atoms with Gasteiger partial charge < -0.3 is 29.2 Å². The number of imide groups is 2. The summed E-state index contributed by atoms with van der Waals surface area (Å²) in [5.41, 5.74) is 2.76. The largest absolute Gasteiger partial charge is 0.485 e. The molecule has 3 aromatic carbocycles. The molecule has 5 heterocycles. The number of alkyl halides is 3. The van der Waals surface area contributed by atoms with Crippen molar-refractivity contribution in [1.82, 2.24) is 39.9 Å². The van der Waals surface area contributed by atoms with E-state index in [-0.39, 0.29) is 103 Å². The first-order chi connectivity index (χ1) is 41.5. The van der Waals surface area contributed by atoms with Crippen molar-refractivity contribution >= 4 is 52.5 Å². The van der Waals surface area contributed by atoms with E-state index in [9.17, 15) is 51.5 Å². The summed E-state index contributed by atoms with van der Waals surface area (Å²) in [4.78, 5) is 110. The minimum Gasteiger partial charge on any atom is -0.485 e. The average molecular weight is 1190 g/mol. The number of benzene rings is 3. The van der Waals surface area contributed by atoms with Crippen molar-refractivity contribution in [2.75, 3.05) is 85.5 Å². The van der Waals surface area contributed by atoms with Crippen molar-refractivity contribution in [3.8, 4) is 17.6 Å². The Bertz CT molecular complexity index is 3330. The van der Waals surface area contributed by atoms with Gasteiger partial charge >= 0.3 is 6.18 Å². The number of aromatic nitrogens is 3. The van der Waals surface area contributed by atoms with Crippen molar-refractivity contribution in [2.24, 2.45) is 0 Å². The number of ketones is 3. The first-order valence-corrected chi connectivity index (χ1v) is 29.1. The highest BCUT2D eigenvalue weighted by molar-refractivity contribution is 6.24. The van der Waals surface area contributed by atoms with Crippen molar-refractivity contribution in [3.05, 3.63) is 129 Å². The minimum atomic E-state index is -4.61. The van der Waals surface area contributed by atoms with Gasteiger partial charge in [-0.1, -0.05) is 36.3 Å². The number of halogens is 3. The van der Waals surface area contributed by atoms with Gasteiger partial charge in [0.25, 0.3) is 11.8 Å². The fraction of sp³-hybridized carbons (Fsp3) is 0.460. The zero-order valence-electron chi connectivity index (χ0n) is 48.2. The SMILES string of the molecule is Cc1ccc(C(=O)Cc2ccc(CN3CCN(CCCNC(=O)CCC(=O)CCCCOCCOCCOCCCCC(=O)COc4cccc5c4C(=O)N(C4CCC(=O)NC4=O)C5=O)CC3)c(C(F)(F)F)c2)cc1C#Cc1cnc2cccnn12. The highest BCUT2D eigenvalue weighted by Crippen LogP contribution is 2.35. The smallest absolute Gasteiger partial charge is 0.416 e. The van der Waals surface area contributed by atoms with Crippen LogP contribution in [0.25, 0.3) is 5.65 Å². The van der Waals surface area contributed by atoms with E-state index in [1.807, 2.05) is 17.9 Å². The number of aryl methyl sites for hydroxylation is 1. The normalized spacial score (nSPS) is 15.6. The quantitative estimate of drug-likeness (QED) is 0.0208. The van der Waals surface area contributed by atoms with Crippen LogP contribution in [-0.4, -0.2) is 168 Å². The third kappa shape index (κ3) is 18.3. The Hall–Kier alpha value is -8.01. The van der Waals surface area contributed by atoms with Crippen LogP contribution in [0.5, 0.6) is 5.75 Å². The molecule has 0 aliphatic carbocycles. The van der Waals surface area contributed by atoms with Crippen LogP contribution in [0.1, 0.15) is 135 Å². The second-order valence-corrected chi connectivity index (χ2v) is 21.4. The van der Waals surface area contributed by atoms with Gasteiger partial charge in [-0.25, -0.2) is 9.50 Å². The first-order valence-electron chi connectivity index (χ1n) is 29.1. The van der Waals surface area contributed by atoms with Crippen LogP contribution in [0.2, 0.25) is 0 Å². The molecule has 2 saturated heterocycles. The Morgan fingerprint density at radius 2 is 1.48 bits per heavy atom. The second-order valence-electron chi connectivity index (χ2n) is 21.4. The summed E-state index contributed by atoms with van der Waals surface area (Å²) < 4.78 is 67.4. The summed E-state index contributed by atoms with van der Waals surface area (Å²) in [6, 6.07) is 16.2. The number of piperidine rings is 1. The molecule has 1 unspecified atom stereocenters. The second kappa shape index (κ2) is 31.4. The van der Waals surface area contributed by atoms with Crippen LogP contribution in [0, 0.1) is 18.8 Å². The van der Waals surface area contributed by atoms with Crippen molar-refractivity contribution < 1.29 is 70.5 Å². The van der Waals surface area contributed by atoms with Gasteiger partial charge in [-0.15, -0.1) is 0 Å². The zero-order valence-corrected chi connectivity index (χ0v) is 48.2. The number of rotatable bonds is 32. The number of ether oxygens (including phenoxy) is 4. The Morgan fingerprint density at radius 1 is 0.756 bits per heavy atom. The zero-order chi connectivity index (χ0) is 61.0. The molecule has 8 rings (SSSR count). The summed E-state index contributed by atoms with van der Waals surface area (Å²) in [5.74, 6) is 2.97. The third-order valence-electron chi connectivity index (χ3n) is 15.0. The van der Waals surface area contributed by atoms with Gasteiger partial charge in [0.1, 0.15) is 29.9 Å². The van der Waals surface area contributed by atoms with E-state index in [4.69, 9.17) is 18.9 Å². The topological polar surface area (TPSA) is 237 Å². The number of hydrogen-bond acceptors (Lipinski definition) is 16. The number of imidazole rings is 1. The third-order valence-corrected chi connectivity index (χ3v) is 15.0. The van der Waals surface area contributed by atoms with Gasteiger partial charge in [-0.3, -0.25) is 53.5 Å². The van der Waals surface area contributed by atoms with Crippen LogP contribution in [0.15, 0.2) is 79.1 Å². The van der Waals surface area contributed by atoms with E-state index in [1.165, 1.54) is 24.3 Å². The number of nitrogens with zero attached hydrogens (tertiary/aromatic N) is 6. The molecule has 1 atom stereocenters. The summed E-state index contributed by atoms with van der Waals surface area (Å²) in [5, 5.41) is 9.31. The van der Waals surface area contributed by atoms with Gasteiger partial charge in [-0.05, 0) is 111 Å². The maximum atomic E-state index is 14.5. The van der Waals surface area contributed by atoms with E-state index in [1.54, 1.807) is 47.2 Å². The monoisotopic (exact) mass is 1190 g/mol. The van der Waals surface area contributed by atoms with Crippen LogP contribution >= 0.6 is 0 Å². The standard InChI is InChI=1S/C63H71F3N8O12/c1-43-14-16-46(39-45(43)18-19-48-40-68-56-13-7-25-69-74(48)56)54(77)38-44-15-17-47(52(37-44)63(64,65)66)41-72-29-27-71(28-30-72)26-8-24-67-57(78)22-20-49(75)9-2-4-31-83-33-35-85-36-34-84-32-5-3-10-50(76)42-86-55-12-6-11-51-59(55)62(82)73(61(51)81)53-21-23-58(79)70-60(53)80/h6-7,11-17,25,37,39-40,53H,2-5,8-10,20-24,26-36,38,41-42H2,1H3,(H,67,78)(H,70,79,80). The van der Waals surface area contributed by atoms with Crippen LogP contribution in [0.3, 0.4) is 0 Å². The molecule has 0 saturated carbocycles. The van der Waals surface area contributed by atoms with Crippen molar-refractivity contribution in [1.29, 1.82) is 0 Å². The minimum absolute atomic E-state index is 0.00255. The highest BCUT2D eigenvalue weighted by atomic mass is 19.4. The highest BCUT2D eigenvalue weighted by Gasteiger charge is 2.46. The maximum Gasteiger partial charge on any atom is 0.416 e. The number of carbonyl (C=O) groups excluding carboxylic acids is 8. The van der Waals surface area contributed by atoms with E-state index >= 15 is 0 Å². The summed E-state index contributed by atoms with van der Waals surface area (Å²) in [6.45, 7) is 7.73. The van der Waals surface area contributed by atoms with Gasteiger partial charge in [0, 0.05) is 108 Å². The van der Waals surface area contributed by atoms with E-state index in [2.05, 4.69) is 37.5 Å². The van der Waals surface area contributed by atoms with Gasteiger partial charge in [0.15, 0.2) is 17.2 Å². The lowest BCUT2D eigenvalue weighted by molar-refractivity contribution is -0.139. The van der Waals surface area contributed by atoms with E-state index < -0.39 is 41.4 Å². The molecular formula is C63H71F3N8O12. The molecule has 3 aliphatic heterocycles. The Labute approximate surface area is 496 Å². The molecule has 2 fully saturated rings. The number of amides is 5. The van der Waals surface area contributed by atoms with E-state index in [0.29, 0.717) is 140 Å². The van der Waals surface area contributed by atoms with Gasteiger partial charge in [0.05, 0.1) is 49.3 Å². The maximum absolute atomic E-state index is 14.5. The molecule has 23 heteroatoms.